The Balaban J connectivity index is 1.91. The van der Waals surface area contributed by atoms with Gasteiger partial charge in [-0.15, -0.1) is 0 Å². The molecule has 2 atom stereocenters. The Morgan fingerprint density at radius 3 is 1.96 bits per heavy atom. The van der Waals surface area contributed by atoms with Crippen LogP contribution in [0.2, 0.25) is 0 Å². The summed E-state index contributed by atoms with van der Waals surface area (Å²) >= 11 is 0. The molecular formula is C12H14F6N2O3. The highest BCUT2D eigenvalue weighted by molar-refractivity contribution is 5.78. The van der Waals surface area contributed by atoms with E-state index in [4.69, 9.17) is 5.11 Å². The zero-order valence-electron chi connectivity index (χ0n) is 11.6. The average Bonchev–Trinajstić information content (AvgIpc) is 2.76. The largest absolute Gasteiger partial charge is 0.481 e. The fraction of sp³-hybridized carbons (Fsp3) is 0.833. The minimum Gasteiger partial charge on any atom is -0.481 e. The molecule has 132 valence electrons. The maximum atomic E-state index is 12.8. The number of carbonyl (C=O) groups excluding carboxylic acids is 1. The van der Waals surface area contributed by atoms with Gasteiger partial charge >= 0.3 is 24.4 Å². The van der Waals surface area contributed by atoms with Gasteiger partial charge in [0.1, 0.15) is 0 Å². The molecule has 5 nitrogen and oxygen atoms in total. The van der Waals surface area contributed by atoms with E-state index in [0.29, 0.717) is 4.90 Å². The Bertz CT molecular complexity index is 486. The third-order valence-electron chi connectivity index (χ3n) is 4.27. The van der Waals surface area contributed by atoms with Crippen molar-refractivity contribution >= 4 is 12.0 Å². The SMILES string of the molecule is O=C(O)[C@@H]1CN(C(=O)NC2CC(C(F)(F)F)C2)C[C@H]1C(F)(F)F. The number of likely N-dealkylation sites (tertiary alicyclic amines) is 1. The van der Waals surface area contributed by atoms with Crippen LogP contribution in [0.1, 0.15) is 12.8 Å². The van der Waals surface area contributed by atoms with Crippen molar-refractivity contribution in [2.24, 2.45) is 17.8 Å². The van der Waals surface area contributed by atoms with Gasteiger partial charge in [0.25, 0.3) is 0 Å². The second-order valence-electron chi connectivity index (χ2n) is 5.85. The van der Waals surface area contributed by atoms with Crippen molar-refractivity contribution in [1.82, 2.24) is 10.2 Å². The number of carboxylic acid groups (broad SMARTS) is 1. The van der Waals surface area contributed by atoms with Crippen LogP contribution in [0, 0.1) is 17.8 Å². The number of rotatable bonds is 2. The lowest BCUT2D eigenvalue weighted by Gasteiger charge is -2.37. The first-order valence-electron chi connectivity index (χ1n) is 6.81. The molecule has 0 unspecified atom stereocenters. The summed E-state index contributed by atoms with van der Waals surface area (Å²) in [7, 11) is 0. The van der Waals surface area contributed by atoms with Gasteiger partial charge in [-0.05, 0) is 12.8 Å². The van der Waals surface area contributed by atoms with Gasteiger partial charge in [-0.2, -0.15) is 26.3 Å². The van der Waals surface area contributed by atoms with Gasteiger partial charge < -0.3 is 15.3 Å². The standard InChI is InChI=1S/C12H14F6N2O3/c13-11(14,15)5-1-6(2-5)19-10(23)20-3-7(9(21)22)8(4-20)12(16,17)18/h5-8H,1-4H2,(H,19,23)(H,21,22)/t5?,6?,7-,8-/m1/s1. The maximum absolute atomic E-state index is 12.8. The molecule has 2 rings (SSSR count). The lowest BCUT2D eigenvalue weighted by atomic mass is 9.80. The van der Waals surface area contributed by atoms with E-state index in [2.05, 4.69) is 5.32 Å². The van der Waals surface area contributed by atoms with E-state index in [0.717, 1.165) is 0 Å². The minimum absolute atomic E-state index is 0.325. The van der Waals surface area contributed by atoms with Gasteiger partial charge in [0, 0.05) is 19.1 Å². The molecule has 0 aromatic heterocycles. The van der Waals surface area contributed by atoms with Crippen LogP contribution in [0.25, 0.3) is 0 Å². The fourth-order valence-electron chi connectivity index (χ4n) is 2.82. The van der Waals surface area contributed by atoms with E-state index >= 15 is 0 Å². The number of carbonyl (C=O) groups is 2. The predicted molar refractivity (Wildman–Crippen MR) is 63.3 cm³/mol. The quantitative estimate of drug-likeness (QED) is 0.752. The molecule has 11 heteroatoms. The molecular weight excluding hydrogens is 334 g/mol. The van der Waals surface area contributed by atoms with Crippen molar-refractivity contribution in [3.8, 4) is 0 Å². The van der Waals surface area contributed by atoms with Gasteiger partial charge in [-0.1, -0.05) is 0 Å². The van der Waals surface area contributed by atoms with Crippen LogP contribution < -0.4 is 5.32 Å². The number of aliphatic carboxylic acids is 1. The second kappa shape index (κ2) is 5.75. The van der Waals surface area contributed by atoms with Crippen LogP contribution >= 0.6 is 0 Å². The fourth-order valence-corrected chi connectivity index (χ4v) is 2.82. The number of nitrogens with one attached hydrogen (secondary N) is 1. The molecule has 23 heavy (non-hydrogen) atoms. The number of alkyl halides is 6. The average molecular weight is 348 g/mol. The number of hydrogen-bond donors (Lipinski definition) is 2. The van der Waals surface area contributed by atoms with Crippen LogP contribution in [0.5, 0.6) is 0 Å². The molecule has 1 heterocycles. The summed E-state index contributed by atoms with van der Waals surface area (Å²) < 4.78 is 75.3. The Hall–Kier alpha value is -1.68. The number of nitrogens with zero attached hydrogens (tertiary/aromatic N) is 1. The number of hydrogen-bond acceptors (Lipinski definition) is 2. The molecule has 0 aromatic carbocycles. The van der Waals surface area contributed by atoms with E-state index in [1.807, 2.05) is 0 Å². The monoisotopic (exact) mass is 348 g/mol. The smallest absolute Gasteiger partial charge is 0.394 e. The summed E-state index contributed by atoms with van der Waals surface area (Å²) in [5.74, 6) is -7.15. The zero-order chi connectivity index (χ0) is 17.6. The summed E-state index contributed by atoms with van der Waals surface area (Å²) in [6, 6.07) is -1.73. The van der Waals surface area contributed by atoms with Crippen molar-refractivity contribution in [2.75, 3.05) is 13.1 Å². The van der Waals surface area contributed by atoms with Gasteiger partial charge in [0.2, 0.25) is 0 Å². The maximum Gasteiger partial charge on any atom is 0.394 e. The molecule has 0 bridgehead atoms. The van der Waals surface area contributed by atoms with E-state index in [-0.39, 0.29) is 12.8 Å². The highest BCUT2D eigenvalue weighted by Crippen LogP contribution is 2.41. The number of halogens is 6. The second-order valence-corrected chi connectivity index (χ2v) is 5.85. The summed E-state index contributed by atoms with van der Waals surface area (Å²) in [5, 5.41) is 11.0. The van der Waals surface area contributed by atoms with E-state index in [1.54, 1.807) is 0 Å². The highest BCUT2D eigenvalue weighted by atomic mass is 19.4. The molecule has 1 saturated heterocycles. The van der Waals surface area contributed by atoms with Crippen molar-refractivity contribution in [3.63, 3.8) is 0 Å². The minimum atomic E-state index is -4.77. The van der Waals surface area contributed by atoms with Crippen LogP contribution in [0.15, 0.2) is 0 Å². The summed E-state index contributed by atoms with van der Waals surface area (Å²) in [5.41, 5.74) is 0. The molecule has 2 amide bonds. The third-order valence-corrected chi connectivity index (χ3v) is 4.27. The third kappa shape index (κ3) is 3.81. The lowest BCUT2D eigenvalue weighted by Crippen LogP contribution is -2.52. The van der Waals surface area contributed by atoms with Crippen molar-refractivity contribution in [3.05, 3.63) is 0 Å². The van der Waals surface area contributed by atoms with Gasteiger partial charge in [0.15, 0.2) is 0 Å². The van der Waals surface area contributed by atoms with Crippen LogP contribution in [-0.4, -0.2) is 53.5 Å². The first kappa shape index (κ1) is 17.7. The molecule has 2 N–H and O–H groups in total. The summed E-state index contributed by atoms with van der Waals surface area (Å²) in [6.45, 7) is -1.44. The highest BCUT2D eigenvalue weighted by Gasteiger charge is 2.54. The van der Waals surface area contributed by atoms with Crippen LogP contribution in [0.4, 0.5) is 31.1 Å². The molecule has 1 saturated carbocycles. The predicted octanol–water partition coefficient (Wildman–Crippen LogP) is 2.23. The first-order valence-corrected chi connectivity index (χ1v) is 6.81. The molecule has 2 aliphatic rings. The van der Waals surface area contributed by atoms with E-state index < -0.39 is 61.2 Å². The number of urea groups is 1. The van der Waals surface area contributed by atoms with Crippen molar-refractivity contribution in [1.29, 1.82) is 0 Å². The van der Waals surface area contributed by atoms with Crippen molar-refractivity contribution in [2.45, 2.75) is 31.2 Å². The molecule has 0 aromatic rings. The van der Waals surface area contributed by atoms with Crippen LogP contribution in [-0.2, 0) is 4.79 Å². The lowest BCUT2D eigenvalue weighted by molar-refractivity contribution is -0.198. The number of carboxylic acids is 1. The Morgan fingerprint density at radius 2 is 1.57 bits per heavy atom. The van der Waals surface area contributed by atoms with Gasteiger partial charge in [0.05, 0.1) is 17.8 Å². The summed E-state index contributed by atoms with van der Waals surface area (Å²) in [4.78, 5) is 23.4. The molecule has 0 spiro atoms. The zero-order valence-corrected chi connectivity index (χ0v) is 11.6. The topological polar surface area (TPSA) is 69.6 Å². The van der Waals surface area contributed by atoms with Gasteiger partial charge in [-0.3, -0.25) is 4.79 Å². The molecule has 1 aliphatic carbocycles. The Kier molecular flexibility index (Phi) is 4.42. The van der Waals surface area contributed by atoms with Crippen molar-refractivity contribution < 1.29 is 41.0 Å². The first-order chi connectivity index (χ1) is 10.4. The number of amides is 2. The normalized spacial score (nSPS) is 31.7. The van der Waals surface area contributed by atoms with E-state index in [1.165, 1.54) is 0 Å². The summed E-state index contributed by atoms with van der Waals surface area (Å²) in [6.07, 6.45) is -9.77. The van der Waals surface area contributed by atoms with E-state index in [9.17, 15) is 35.9 Å². The van der Waals surface area contributed by atoms with Gasteiger partial charge in [-0.25, -0.2) is 4.79 Å². The molecule has 0 radical (unpaired) electrons. The Labute approximate surface area is 126 Å². The Morgan fingerprint density at radius 1 is 1.00 bits per heavy atom. The van der Waals surface area contributed by atoms with Crippen LogP contribution in [0.3, 0.4) is 0 Å². The molecule has 2 fully saturated rings. The molecule has 1 aliphatic heterocycles.